The van der Waals surface area contributed by atoms with Gasteiger partial charge in [-0.1, -0.05) is 0 Å². The Balaban J connectivity index is 1.77. The fraction of sp³-hybridized carbons (Fsp3) is 0.429. The molecular formula is C14H16N2O3S. The molecule has 2 saturated heterocycles. The van der Waals surface area contributed by atoms with Crippen molar-refractivity contribution in [3.05, 3.63) is 24.3 Å². The predicted octanol–water partition coefficient (Wildman–Crippen LogP) is 1.08. The van der Waals surface area contributed by atoms with Crippen molar-refractivity contribution in [2.24, 2.45) is 0 Å². The fourth-order valence-electron chi connectivity index (χ4n) is 2.54. The van der Waals surface area contributed by atoms with E-state index in [9.17, 15) is 9.59 Å². The number of amides is 2. The van der Waals surface area contributed by atoms with Crippen molar-refractivity contribution in [3.63, 3.8) is 0 Å². The Morgan fingerprint density at radius 3 is 2.25 bits per heavy atom. The Bertz CT molecular complexity index is 503. The van der Waals surface area contributed by atoms with Crippen molar-refractivity contribution in [1.82, 2.24) is 0 Å². The van der Waals surface area contributed by atoms with Gasteiger partial charge in [-0.3, -0.25) is 9.59 Å². The first-order chi connectivity index (χ1) is 9.65. The minimum Gasteiger partial charge on any atom is -0.370 e. The molecule has 0 spiro atoms. The number of benzene rings is 1. The van der Waals surface area contributed by atoms with Crippen molar-refractivity contribution < 1.29 is 14.3 Å². The Labute approximate surface area is 122 Å². The summed E-state index contributed by atoms with van der Waals surface area (Å²) in [6.45, 7) is 1.89. The summed E-state index contributed by atoms with van der Waals surface area (Å²) in [4.78, 5) is 27.0. The minimum absolute atomic E-state index is 0.0309. The first-order valence-electron chi connectivity index (χ1n) is 6.62. The quantitative estimate of drug-likeness (QED) is 0.830. The minimum atomic E-state index is -0.0309. The molecule has 2 aliphatic rings. The van der Waals surface area contributed by atoms with Gasteiger partial charge in [-0.25, -0.2) is 0 Å². The summed E-state index contributed by atoms with van der Waals surface area (Å²) in [6.07, 6.45) is 0.479. The lowest BCUT2D eigenvalue weighted by molar-refractivity contribution is -0.125. The molecule has 1 aromatic carbocycles. The van der Waals surface area contributed by atoms with Crippen molar-refractivity contribution >= 4 is 35.8 Å². The largest absolute Gasteiger partial charge is 0.370 e. The lowest BCUT2D eigenvalue weighted by atomic mass is 10.2. The molecule has 1 atom stereocenters. The monoisotopic (exact) mass is 292 g/mol. The van der Waals surface area contributed by atoms with E-state index in [0.717, 1.165) is 11.4 Å². The van der Waals surface area contributed by atoms with Gasteiger partial charge >= 0.3 is 0 Å². The number of morpholine rings is 1. The highest BCUT2D eigenvalue weighted by molar-refractivity contribution is 7.81. The molecule has 106 valence electrons. The first kappa shape index (κ1) is 13.5. The molecule has 2 fully saturated rings. The molecular weight excluding hydrogens is 276 g/mol. The second kappa shape index (κ2) is 5.46. The van der Waals surface area contributed by atoms with Crippen molar-refractivity contribution in [3.8, 4) is 0 Å². The van der Waals surface area contributed by atoms with Crippen LogP contribution in [0.25, 0.3) is 0 Å². The first-order valence-corrected chi connectivity index (χ1v) is 7.13. The number of anilines is 2. The number of thiol groups is 1. The highest BCUT2D eigenvalue weighted by Crippen LogP contribution is 2.26. The number of carbonyl (C=O) groups is 2. The van der Waals surface area contributed by atoms with E-state index in [1.54, 1.807) is 9.80 Å². The van der Waals surface area contributed by atoms with E-state index in [-0.39, 0.29) is 23.7 Å². The Hall–Kier alpha value is -1.53. The number of rotatable bonds is 2. The standard InChI is InChI=1S/C14H16N2O3S/c17-13-7-12(20)8-16(13)11-3-1-10(2-4-11)15-5-6-19-9-14(15)18/h1-4,12,20H,5-9H2. The molecule has 2 heterocycles. The maximum absolute atomic E-state index is 11.8. The van der Waals surface area contributed by atoms with Crippen LogP contribution in [0.4, 0.5) is 11.4 Å². The predicted molar refractivity (Wildman–Crippen MR) is 79.4 cm³/mol. The van der Waals surface area contributed by atoms with Crippen LogP contribution in [0, 0.1) is 0 Å². The molecule has 0 N–H and O–H groups in total. The molecule has 6 heteroatoms. The maximum atomic E-state index is 11.8. The molecule has 0 radical (unpaired) electrons. The molecule has 3 rings (SSSR count). The third-order valence-corrected chi connectivity index (χ3v) is 3.91. The molecule has 1 unspecified atom stereocenters. The van der Waals surface area contributed by atoms with E-state index < -0.39 is 0 Å². The van der Waals surface area contributed by atoms with Crippen LogP contribution in [0.2, 0.25) is 0 Å². The highest BCUT2D eigenvalue weighted by atomic mass is 32.1. The van der Waals surface area contributed by atoms with Gasteiger partial charge in [0.15, 0.2) is 0 Å². The molecule has 0 aliphatic carbocycles. The second-order valence-corrected chi connectivity index (χ2v) is 5.71. The van der Waals surface area contributed by atoms with Crippen LogP contribution in [-0.4, -0.2) is 43.4 Å². The zero-order valence-corrected chi connectivity index (χ0v) is 11.9. The maximum Gasteiger partial charge on any atom is 0.253 e. The molecule has 2 amide bonds. The van der Waals surface area contributed by atoms with Crippen LogP contribution in [-0.2, 0) is 14.3 Å². The Morgan fingerprint density at radius 2 is 1.70 bits per heavy atom. The summed E-state index contributed by atoms with van der Waals surface area (Å²) >= 11 is 4.35. The summed E-state index contributed by atoms with van der Waals surface area (Å²) in [5.41, 5.74) is 1.70. The molecule has 2 aliphatic heterocycles. The summed E-state index contributed by atoms with van der Waals surface area (Å²) in [5, 5.41) is 0.1000. The third kappa shape index (κ3) is 2.53. The summed E-state index contributed by atoms with van der Waals surface area (Å²) in [6, 6.07) is 7.50. The number of hydrogen-bond acceptors (Lipinski definition) is 4. The highest BCUT2D eigenvalue weighted by Gasteiger charge is 2.28. The van der Waals surface area contributed by atoms with Crippen molar-refractivity contribution in [2.75, 3.05) is 36.1 Å². The zero-order chi connectivity index (χ0) is 14.1. The van der Waals surface area contributed by atoms with Gasteiger partial charge in [-0.15, -0.1) is 0 Å². The van der Waals surface area contributed by atoms with Gasteiger partial charge in [0, 0.05) is 36.1 Å². The Morgan fingerprint density at radius 1 is 1.05 bits per heavy atom. The van der Waals surface area contributed by atoms with E-state index in [1.807, 2.05) is 24.3 Å². The third-order valence-electron chi connectivity index (χ3n) is 3.56. The van der Waals surface area contributed by atoms with Gasteiger partial charge in [0.05, 0.1) is 6.61 Å². The summed E-state index contributed by atoms with van der Waals surface area (Å²) < 4.78 is 5.11. The summed E-state index contributed by atoms with van der Waals surface area (Å²) in [7, 11) is 0. The number of hydrogen-bond donors (Lipinski definition) is 1. The van der Waals surface area contributed by atoms with E-state index in [0.29, 0.717) is 26.1 Å². The topological polar surface area (TPSA) is 49.9 Å². The van der Waals surface area contributed by atoms with E-state index >= 15 is 0 Å². The lowest BCUT2D eigenvalue weighted by Crippen LogP contribution is -2.41. The average Bonchev–Trinajstić information content (AvgIpc) is 2.79. The van der Waals surface area contributed by atoms with Crippen LogP contribution >= 0.6 is 12.6 Å². The van der Waals surface area contributed by atoms with Crippen LogP contribution in [0.3, 0.4) is 0 Å². The van der Waals surface area contributed by atoms with Crippen LogP contribution < -0.4 is 9.80 Å². The number of carbonyl (C=O) groups excluding carboxylic acids is 2. The summed E-state index contributed by atoms with van der Waals surface area (Å²) in [5.74, 6) is 0.0665. The molecule has 20 heavy (non-hydrogen) atoms. The van der Waals surface area contributed by atoms with Crippen molar-refractivity contribution in [1.29, 1.82) is 0 Å². The molecule has 0 aromatic heterocycles. The molecule has 0 bridgehead atoms. The van der Waals surface area contributed by atoms with Gasteiger partial charge in [0.2, 0.25) is 5.91 Å². The van der Waals surface area contributed by atoms with Gasteiger partial charge in [-0.05, 0) is 24.3 Å². The smallest absolute Gasteiger partial charge is 0.253 e. The molecule has 0 saturated carbocycles. The van der Waals surface area contributed by atoms with Crippen LogP contribution in [0.5, 0.6) is 0 Å². The Kier molecular flexibility index (Phi) is 3.67. The van der Waals surface area contributed by atoms with Gasteiger partial charge in [0.1, 0.15) is 6.61 Å². The molecule has 5 nitrogen and oxygen atoms in total. The van der Waals surface area contributed by atoms with E-state index in [4.69, 9.17) is 4.74 Å². The van der Waals surface area contributed by atoms with Crippen molar-refractivity contribution in [2.45, 2.75) is 11.7 Å². The average molecular weight is 292 g/mol. The van der Waals surface area contributed by atoms with E-state index in [1.165, 1.54) is 0 Å². The lowest BCUT2D eigenvalue weighted by Gasteiger charge is -2.27. The number of nitrogens with zero attached hydrogens (tertiary/aromatic N) is 2. The molecule has 1 aromatic rings. The van der Waals surface area contributed by atoms with E-state index in [2.05, 4.69) is 12.6 Å². The van der Waals surface area contributed by atoms with Gasteiger partial charge in [0.25, 0.3) is 5.91 Å². The normalized spacial score (nSPS) is 23.6. The van der Waals surface area contributed by atoms with Crippen LogP contribution in [0.1, 0.15) is 6.42 Å². The zero-order valence-electron chi connectivity index (χ0n) is 11.0. The SMILES string of the molecule is O=C1COCCN1c1ccc(N2CC(S)CC2=O)cc1. The number of ether oxygens (including phenoxy) is 1. The fourth-order valence-corrected chi connectivity index (χ4v) is 2.86. The van der Waals surface area contributed by atoms with Gasteiger partial charge < -0.3 is 14.5 Å². The van der Waals surface area contributed by atoms with Crippen LogP contribution in [0.15, 0.2) is 24.3 Å². The van der Waals surface area contributed by atoms with Gasteiger partial charge in [-0.2, -0.15) is 12.6 Å². The second-order valence-electron chi connectivity index (χ2n) is 4.98.